The fraction of sp³-hybridized carbons (Fsp3) is 0.200. The van der Waals surface area contributed by atoms with Gasteiger partial charge >= 0.3 is 0 Å². The Morgan fingerprint density at radius 2 is 1.83 bits per heavy atom. The van der Waals surface area contributed by atoms with Gasteiger partial charge in [0.05, 0.1) is 28.0 Å². The van der Waals surface area contributed by atoms with Crippen LogP contribution in [0.4, 0.5) is 5.69 Å². The van der Waals surface area contributed by atoms with E-state index in [0.717, 1.165) is 24.9 Å². The number of rotatable bonds is 7. The van der Waals surface area contributed by atoms with Crippen molar-refractivity contribution in [2.75, 3.05) is 12.4 Å². The molecule has 0 aliphatic carbocycles. The molecule has 4 rings (SSSR count). The lowest BCUT2D eigenvalue weighted by molar-refractivity contribution is 0.0977. The van der Waals surface area contributed by atoms with Gasteiger partial charge in [-0.1, -0.05) is 37.1 Å². The molecule has 0 bridgehead atoms. The molecule has 1 amide bonds. The third-order valence-corrected chi connectivity index (χ3v) is 6.48. The topological polar surface area (TPSA) is 81.1 Å². The van der Waals surface area contributed by atoms with Crippen molar-refractivity contribution >= 4 is 67.5 Å². The van der Waals surface area contributed by atoms with Crippen molar-refractivity contribution in [1.82, 2.24) is 20.3 Å². The SMILES string of the molecule is CCCCc1ccc(-n2nc3cc(Cl)c(NC(=S)NC(=O)c4ccc(OC)c(Br)c4)cc3n2)cc1. The standard InChI is InChI=1S/C25H23BrClN5O2S/c1-3-4-5-15-6-9-17(10-7-15)32-30-21-13-19(27)20(14-22(21)31-32)28-25(35)29-24(33)16-8-11-23(34-2)18(26)12-16/h6-14H,3-5H2,1-2H3,(H2,28,29,33,35). The van der Waals surface area contributed by atoms with E-state index < -0.39 is 0 Å². The van der Waals surface area contributed by atoms with Crippen LogP contribution >= 0.6 is 39.7 Å². The average Bonchev–Trinajstić information content (AvgIpc) is 3.25. The van der Waals surface area contributed by atoms with E-state index in [1.807, 2.05) is 12.1 Å². The molecule has 0 aliphatic rings. The molecule has 35 heavy (non-hydrogen) atoms. The zero-order valence-corrected chi connectivity index (χ0v) is 22.3. The lowest BCUT2D eigenvalue weighted by Crippen LogP contribution is -2.34. The maximum Gasteiger partial charge on any atom is 0.257 e. The summed E-state index contributed by atoms with van der Waals surface area (Å²) in [6.45, 7) is 2.18. The molecular weight excluding hydrogens is 550 g/mol. The molecule has 3 aromatic carbocycles. The molecule has 0 fully saturated rings. The molecular formula is C25H23BrClN5O2S. The van der Waals surface area contributed by atoms with Crippen molar-refractivity contribution in [1.29, 1.82) is 0 Å². The van der Waals surface area contributed by atoms with Crippen LogP contribution < -0.4 is 15.4 Å². The lowest BCUT2D eigenvalue weighted by Gasteiger charge is -2.11. The van der Waals surface area contributed by atoms with Gasteiger partial charge in [-0.3, -0.25) is 10.1 Å². The predicted octanol–water partition coefficient (Wildman–Crippen LogP) is 6.31. The van der Waals surface area contributed by atoms with Gasteiger partial charge in [0.25, 0.3) is 5.91 Å². The number of amides is 1. The van der Waals surface area contributed by atoms with Crippen LogP contribution in [0, 0.1) is 0 Å². The molecule has 10 heteroatoms. The molecule has 0 spiro atoms. The molecule has 180 valence electrons. The number of aromatic nitrogens is 3. The number of halogens is 2. The van der Waals surface area contributed by atoms with Gasteiger partial charge in [-0.15, -0.1) is 10.2 Å². The summed E-state index contributed by atoms with van der Waals surface area (Å²) in [5, 5.41) is 15.3. The van der Waals surface area contributed by atoms with Crippen LogP contribution in [0.25, 0.3) is 16.7 Å². The van der Waals surface area contributed by atoms with Crippen molar-refractivity contribution in [2.45, 2.75) is 26.2 Å². The van der Waals surface area contributed by atoms with E-state index in [4.69, 9.17) is 28.6 Å². The first-order valence-corrected chi connectivity index (χ1v) is 12.6. The van der Waals surface area contributed by atoms with E-state index >= 15 is 0 Å². The van der Waals surface area contributed by atoms with Gasteiger partial charge < -0.3 is 10.1 Å². The third kappa shape index (κ3) is 5.98. The summed E-state index contributed by atoms with van der Waals surface area (Å²) in [6.07, 6.45) is 3.39. The van der Waals surface area contributed by atoms with Crippen LogP contribution in [0.5, 0.6) is 5.75 Å². The summed E-state index contributed by atoms with van der Waals surface area (Å²) >= 11 is 15.1. The molecule has 0 saturated heterocycles. The fourth-order valence-electron chi connectivity index (χ4n) is 3.46. The summed E-state index contributed by atoms with van der Waals surface area (Å²) in [7, 11) is 1.56. The highest BCUT2D eigenvalue weighted by atomic mass is 79.9. The van der Waals surface area contributed by atoms with Crippen molar-refractivity contribution in [3.63, 3.8) is 0 Å². The van der Waals surface area contributed by atoms with Crippen LogP contribution in [0.3, 0.4) is 0 Å². The number of fused-ring (bicyclic) bond motifs is 1. The number of hydrogen-bond acceptors (Lipinski definition) is 5. The van der Waals surface area contributed by atoms with Crippen LogP contribution in [0.15, 0.2) is 59.1 Å². The molecule has 0 saturated carbocycles. The number of aryl methyl sites for hydroxylation is 1. The Kier molecular flexibility index (Phi) is 8.00. The van der Waals surface area contributed by atoms with Crippen molar-refractivity contribution in [2.24, 2.45) is 0 Å². The van der Waals surface area contributed by atoms with E-state index in [0.29, 0.717) is 37.5 Å². The van der Waals surface area contributed by atoms with Gasteiger partial charge in [-0.05, 0) is 89.0 Å². The molecule has 1 aromatic heterocycles. The first kappa shape index (κ1) is 25.1. The van der Waals surface area contributed by atoms with Crippen molar-refractivity contribution < 1.29 is 9.53 Å². The minimum Gasteiger partial charge on any atom is -0.496 e. The van der Waals surface area contributed by atoms with E-state index in [1.54, 1.807) is 42.2 Å². The number of anilines is 1. The number of thiocarbonyl (C=S) groups is 1. The molecule has 2 N–H and O–H groups in total. The second kappa shape index (κ2) is 11.2. The Morgan fingerprint density at radius 1 is 1.11 bits per heavy atom. The van der Waals surface area contributed by atoms with Gasteiger partial charge in [0.1, 0.15) is 16.8 Å². The monoisotopic (exact) mass is 571 g/mol. The van der Waals surface area contributed by atoms with Crippen LogP contribution in [0.2, 0.25) is 5.02 Å². The van der Waals surface area contributed by atoms with Crippen LogP contribution in [-0.2, 0) is 6.42 Å². The number of nitrogens with zero attached hydrogens (tertiary/aromatic N) is 3. The van der Waals surface area contributed by atoms with Gasteiger partial charge in [0.15, 0.2) is 5.11 Å². The third-order valence-electron chi connectivity index (χ3n) is 5.34. The molecule has 4 aromatic rings. The zero-order chi connectivity index (χ0) is 24.9. The summed E-state index contributed by atoms with van der Waals surface area (Å²) in [6, 6.07) is 16.7. The highest BCUT2D eigenvalue weighted by molar-refractivity contribution is 9.10. The number of benzene rings is 3. The normalized spacial score (nSPS) is 10.9. The van der Waals surface area contributed by atoms with Gasteiger partial charge in [-0.2, -0.15) is 4.80 Å². The quantitative estimate of drug-likeness (QED) is 0.253. The summed E-state index contributed by atoms with van der Waals surface area (Å²) in [5.74, 6) is 0.263. The Labute approximate surface area is 221 Å². The minimum atomic E-state index is -0.364. The number of ether oxygens (including phenoxy) is 1. The molecule has 1 heterocycles. The van der Waals surface area contributed by atoms with Gasteiger partial charge in [0.2, 0.25) is 0 Å². The van der Waals surface area contributed by atoms with E-state index in [-0.39, 0.29) is 11.0 Å². The van der Waals surface area contributed by atoms with E-state index in [2.05, 4.69) is 55.8 Å². The fourth-order valence-corrected chi connectivity index (χ4v) is 4.41. The highest BCUT2D eigenvalue weighted by Crippen LogP contribution is 2.28. The lowest BCUT2D eigenvalue weighted by atomic mass is 10.1. The van der Waals surface area contributed by atoms with Crippen molar-refractivity contribution in [3.8, 4) is 11.4 Å². The smallest absolute Gasteiger partial charge is 0.257 e. The maximum atomic E-state index is 12.6. The molecule has 0 atom stereocenters. The Bertz CT molecular complexity index is 1390. The number of carbonyl (C=O) groups excluding carboxylic acids is 1. The second-order valence-corrected chi connectivity index (χ2v) is 9.51. The Hall–Kier alpha value is -3.01. The predicted molar refractivity (Wildman–Crippen MR) is 147 cm³/mol. The van der Waals surface area contributed by atoms with E-state index in [9.17, 15) is 4.79 Å². The summed E-state index contributed by atoms with van der Waals surface area (Å²) < 4.78 is 5.86. The summed E-state index contributed by atoms with van der Waals surface area (Å²) in [5.41, 5.74) is 4.38. The maximum absolute atomic E-state index is 12.6. The minimum absolute atomic E-state index is 0.109. The number of methoxy groups -OCH3 is 1. The van der Waals surface area contributed by atoms with Crippen LogP contribution in [-0.4, -0.2) is 33.1 Å². The Balaban J connectivity index is 1.47. The van der Waals surface area contributed by atoms with Crippen LogP contribution in [0.1, 0.15) is 35.7 Å². The van der Waals surface area contributed by atoms with Crippen molar-refractivity contribution in [3.05, 3.63) is 75.2 Å². The zero-order valence-electron chi connectivity index (χ0n) is 19.1. The van der Waals surface area contributed by atoms with Gasteiger partial charge in [0, 0.05) is 5.56 Å². The second-order valence-electron chi connectivity index (χ2n) is 7.84. The first-order valence-electron chi connectivity index (χ1n) is 11.0. The molecule has 0 unspecified atom stereocenters. The largest absolute Gasteiger partial charge is 0.496 e. The molecule has 0 radical (unpaired) electrons. The van der Waals surface area contributed by atoms with Gasteiger partial charge in [-0.25, -0.2) is 0 Å². The number of nitrogens with one attached hydrogen (secondary N) is 2. The molecule has 0 aliphatic heterocycles. The average molecular weight is 573 g/mol. The molecule has 7 nitrogen and oxygen atoms in total. The Morgan fingerprint density at radius 3 is 2.49 bits per heavy atom. The number of carbonyl (C=O) groups is 1. The number of unbranched alkanes of at least 4 members (excludes halogenated alkanes) is 1. The highest BCUT2D eigenvalue weighted by Gasteiger charge is 2.14. The summed E-state index contributed by atoms with van der Waals surface area (Å²) in [4.78, 5) is 14.2. The first-order chi connectivity index (χ1) is 16.9. The van der Waals surface area contributed by atoms with E-state index in [1.165, 1.54) is 5.56 Å². The number of hydrogen-bond donors (Lipinski definition) is 2.